The van der Waals surface area contributed by atoms with E-state index < -0.39 is 0 Å². The minimum Gasteiger partial charge on any atom is -0.379 e. The molecule has 2 atom stereocenters. The van der Waals surface area contributed by atoms with Gasteiger partial charge in [-0.25, -0.2) is 0 Å². The molecule has 0 aliphatic carbocycles. The smallest absolute Gasteiger partial charge is 0.194 e. The maximum Gasteiger partial charge on any atom is 0.194 e. The summed E-state index contributed by atoms with van der Waals surface area (Å²) in [5.41, 5.74) is 1.38. The molecule has 1 aromatic rings. The number of nitrogens with zero attached hydrogens (tertiary/aromatic N) is 4. The largest absolute Gasteiger partial charge is 0.379 e. The third-order valence-corrected chi connectivity index (χ3v) is 6.53. The van der Waals surface area contributed by atoms with Crippen molar-refractivity contribution in [1.82, 2.24) is 20.0 Å². The van der Waals surface area contributed by atoms with Crippen LogP contribution in [0, 0.1) is 0 Å². The van der Waals surface area contributed by atoms with Crippen LogP contribution in [0.1, 0.15) is 25.3 Å². The zero-order valence-electron chi connectivity index (χ0n) is 19.5. The van der Waals surface area contributed by atoms with Crippen LogP contribution in [-0.2, 0) is 16.0 Å². The van der Waals surface area contributed by atoms with Gasteiger partial charge in [0.2, 0.25) is 0 Å². The zero-order valence-corrected chi connectivity index (χ0v) is 21.8. The highest BCUT2D eigenvalue weighted by Crippen LogP contribution is 2.24. The lowest BCUT2D eigenvalue weighted by Crippen LogP contribution is -2.50. The first-order valence-corrected chi connectivity index (χ1v) is 12.1. The first-order valence-electron chi connectivity index (χ1n) is 12.1. The standard InChI is InChI=1S/C24H39N5O2.HI/c1-2-25-24(26-10-6-7-11-27-12-15-30-16-13-27)29-19-22-23(20-29)31-17-14-28(22)18-21-8-4-3-5-9-21;/h3-5,8-9,22-23H,2,6-7,10-20H2,1H3,(H,25,26);1H. The molecule has 3 aliphatic rings. The Bertz CT molecular complexity index is 686. The highest BCUT2D eigenvalue weighted by molar-refractivity contribution is 14.0. The third kappa shape index (κ3) is 7.28. The molecule has 3 heterocycles. The Balaban J connectivity index is 0.00000289. The number of nitrogens with one attached hydrogen (secondary N) is 1. The van der Waals surface area contributed by atoms with Crippen LogP contribution >= 0.6 is 24.0 Å². The molecule has 0 bridgehead atoms. The van der Waals surface area contributed by atoms with Gasteiger partial charge >= 0.3 is 0 Å². The first-order chi connectivity index (χ1) is 15.3. The van der Waals surface area contributed by atoms with Gasteiger partial charge in [-0.3, -0.25) is 14.8 Å². The Morgan fingerprint density at radius 2 is 1.88 bits per heavy atom. The molecule has 0 aromatic heterocycles. The Kier molecular flexibility index (Phi) is 11.0. The number of halogens is 1. The summed E-state index contributed by atoms with van der Waals surface area (Å²) in [4.78, 5) is 12.5. The topological polar surface area (TPSA) is 52.6 Å². The van der Waals surface area contributed by atoms with E-state index in [0.29, 0.717) is 6.04 Å². The van der Waals surface area contributed by atoms with Gasteiger partial charge < -0.3 is 19.7 Å². The number of unbranched alkanes of at least 4 members (excludes halogenated alkanes) is 1. The molecule has 4 rings (SSSR count). The molecule has 0 amide bonds. The average molecular weight is 558 g/mol. The van der Waals surface area contributed by atoms with Crippen LogP contribution in [0.5, 0.6) is 0 Å². The maximum absolute atomic E-state index is 6.16. The van der Waals surface area contributed by atoms with Crippen LogP contribution in [0.2, 0.25) is 0 Å². The molecule has 32 heavy (non-hydrogen) atoms. The van der Waals surface area contributed by atoms with E-state index in [9.17, 15) is 0 Å². The van der Waals surface area contributed by atoms with Crippen molar-refractivity contribution in [2.24, 2.45) is 4.99 Å². The lowest BCUT2D eigenvalue weighted by molar-refractivity contribution is -0.0502. The van der Waals surface area contributed by atoms with Gasteiger partial charge in [0, 0.05) is 52.4 Å². The third-order valence-electron chi connectivity index (χ3n) is 6.53. The van der Waals surface area contributed by atoms with Gasteiger partial charge in [-0.15, -0.1) is 24.0 Å². The molecular weight excluding hydrogens is 517 g/mol. The molecule has 0 saturated carbocycles. The van der Waals surface area contributed by atoms with Crippen molar-refractivity contribution in [1.29, 1.82) is 0 Å². The van der Waals surface area contributed by atoms with E-state index in [4.69, 9.17) is 14.5 Å². The second-order valence-corrected chi connectivity index (χ2v) is 8.73. The fraction of sp³-hybridized carbons (Fsp3) is 0.708. The van der Waals surface area contributed by atoms with E-state index in [-0.39, 0.29) is 30.1 Å². The lowest BCUT2D eigenvalue weighted by atomic mass is 10.1. The number of hydrogen-bond donors (Lipinski definition) is 1. The lowest BCUT2D eigenvalue weighted by Gasteiger charge is -2.36. The molecule has 0 radical (unpaired) electrons. The normalized spacial score (nSPS) is 24.8. The number of fused-ring (bicyclic) bond motifs is 1. The highest BCUT2D eigenvalue weighted by atomic mass is 127. The number of morpholine rings is 2. The van der Waals surface area contributed by atoms with E-state index in [1.54, 1.807) is 0 Å². The van der Waals surface area contributed by atoms with Crippen molar-refractivity contribution in [2.45, 2.75) is 38.5 Å². The van der Waals surface area contributed by atoms with Gasteiger partial charge in [-0.05, 0) is 31.9 Å². The fourth-order valence-electron chi connectivity index (χ4n) is 4.83. The Labute approximate surface area is 210 Å². The van der Waals surface area contributed by atoms with Crippen molar-refractivity contribution in [2.75, 3.05) is 72.2 Å². The number of rotatable bonds is 8. The molecule has 0 spiro atoms. The molecule has 8 heteroatoms. The summed E-state index contributed by atoms with van der Waals surface area (Å²) >= 11 is 0. The molecule has 3 saturated heterocycles. The van der Waals surface area contributed by atoms with Crippen molar-refractivity contribution >= 4 is 29.9 Å². The number of benzene rings is 1. The van der Waals surface area contributed by atoms with E-state index in [1.165, 1.54) is 12.0 Å². The number of likely N-dealkylation sites (tertiary alicyclic amines) is 1. The molecule has 7 nitrogen and oxygen atoms in total. The summed E-state index contributed by atoms with van der Waals surface area (Å²) in [6.45, 7) is 13.7. The van der Waals surface area contributed by atoms with Crippen LogP contribution in [0.15, 0.2) is 35.3 Å². The van der Waals surface area contributed by atoms with E-state index in [0.717, 1.165) is 91.1 Å². The van der Waals surface area contributed by atoms with Crippen molar-refractivity contribution < 1.29 is 9.47 Å². The first kappa shape index (κ1) is 25.7. The second kappa shape index (κ2) is 13.7. The average Bonchev–Trinajstić information content (AvgIpc) is 3.25. The summed E-state index contributed by atoms with van der Waals surface area (Å²) in [6, 6.07) is 11.2. The monoisotopic (exact) mass is 557 g/mol. The van der Waals surface area contributed by atoms with E-state index in [1.807, 2.05) is 0 Å². The minimum absolute atomic E-state index is 0. The molecule has 2 unspecified atom stereocenters. The van der Waals surface area contributed by atoms with E-state index in [2.05, 4.69) is 57.3 Å². The Morgan fingerprint density at radius 1 is 1.06 bits per heavy atom. The summed E-state index contributed by atoms with van der Waals surface area (Å²) in [5.74, 6) is 1.05. The number of ether oxygens (including phenoxy) is 2. The molecule has 3 fully saturated rings. The van der Waals surface area contributed by atoms with Crippen LogP contribution in [-0.4, -0.2) is 105 Å². The van der Waals surface area contributed by atoms with Gasteiger partial charge in [-0.2, -0.15) is 0 Å². The number of hydrogen-bond acceptors (Lipinski definition) is 5. The number of aliphatic imine (C=N–C) groups is 1. The SMILES string of the molecule is CCNC(=NCCCCN1CCOCC1)N1CC2OCCN(Cc3ccccc3)C2C1.I. The molecule has 1 aromatic carbocycles. The quantitative estimate of drug-likeness (QED) is 0.229. The van der Waals surface area contributed by atoms with Gasteiger partial charge in [0.05, 0.1) is 32.0 Å². The summed E-state index contributed by atoms with van der Waals surface area (Å²) in [6.07, 6.45) is 2.59. The Hall–Kier alpha value is -0.940. The fourth-order valence-corrected chi connectivity index (χ4v) is 4.83. The summed E-state index contributed by atoms with van der Waals surface area (Å²) < 4.78 is 11.6. The summed E-state index contributed by atoms with van der Waals surface area (Å²) in [7, 11) is 0. The second-order valence-electron chi connectivity index (χ2n) is 8.73. The van der Waals surface area contributed by atoms with Crippen LogP contribution in [0.4, 0.5) is 0 Å². The zero-order chi connectivity index (χ0) is 21.3. The van der Waals surface area contributed by atoms with E-state index >= 15 is 0 Å². The van der Waals surface area contributed by atoms with Crippen LogP contribution in [0.25, 0.3) is 0 Å². The summed E-state index contributed by atoms with van der Waals surface area (Å²) in [5, 5.41) is 3.51. The molecular formula is C24H40IN5O2. The van der Waals surface area contributed by atoms with Crippen molar-refractivity contribution in [3.05, 3.63) is 35.9 Å². The van der Waals surface area contributed by atoms with Crippen LogP contribution in [0.3, 0.4) is 0 Å². The predicted octanol–water partition coefficient (Wildman–Crippen LogP) is 2.27. The minimum atomic E-state index is 0. The molecule has 3 aliphatic heterocycles. The van der Waals surface area contributed by atoms with Gasteiger partial charge in [0.1, 0.15) is 0 Å². The molecule has 180 valence electrons. The van der Waals surface area contributed by atoms with Gasteiger partial charge in [0.25, 0.3) is 0 Å². The van der Waals surface area contributed by atoms with Crippen molar-refractivity contribution in [3.8, 4) is 0 Å². The highest BCUT2D eigenvalue weighted by Gasteiger charge is 2.41. The number of guanidine groups is 1. The Morgan fingerprint density at radius 3 is 2.66 bits per heavy atom. The molecule has 1 N–H and O–H groups in total. The van der Waals surface area contributed by atoms with Gasteiger partial charge in [-0.1, -0.05) is 30.3 Å². The van der Waals surface area contributed by atoms with Crippen LogP contribution < -0.4 is 5.32 Å². The predicted molar refractivity (Wildman–Crippen MR) is 140 cm³/mol. The van der Waals surface area contributed by atoms with Crippen molar-refractivity contribution in [3.63, 3.8) is 0 Å². The maximum atomic E-state index is 6.16. The van der Waals surface area contributed by atoms with Gasteiger partial charge in [0.15, 0.2) is 5.96 Å².